The van der Waals surface area contributed by atoms with Crippen molar-refractivity contribution in [1.82, 2.24) is 4.90 Å². The summed E-state index contributed by atoms with van der Waals surface area (Å²) in [6, 6.07) is 14.0. The molecule has 26 heavy (non-hydrogen) atoms. The first-order valence-corrected chi connectivity index (χ1v) is 8.78. The first-order valence-electron chi connectivity index (χ1n) is 8.40. The molecule has 0 radical (unpaired) electrons. The number of piperidine rings is 1. The Morgan fingerprint density at radius 3 is 2.73 bits per heavy atom. The number of aliphatic imine (C=N–C) groups is 1. The fraction of sp³-hybridized carbons (Fsp3) is 0.263. The molecule has 3 N–H and O–H groups in total. The second kappa shape index (κ2) is 6.29. The summed E-state index contributed by atoms with van der Waals surface area (Å²) in [7, 11) is 0. The lowest BCUT2D eigenvalue weighted by atomic mass is 9.91. The van der Waals surface area contributed by atoms with Crippen molar-refractivity contribution in [3.8, 4) is 0 Å². The molecule has 5 nitrogen and oxygen atoms in total. The molecule has 0 saturated carbocycles. The van der Waals surface area contributed by atoms with Crippen LogP contribution in [0.3, 0.4) is 0 Å². The molecule has 2 unspecified atom stereocenters. The van der Waals surface area contributed by atoms with Gasteiger partial charge in [0.05, 0.1) is 6.54 Å². The monoisotopic (exact) mass is 372 g/mol. The van der Waals surface area contributed by atoms with Gasteiger partial charge in [0.2, 0.25) is 0 Å². The number of nitrogens with zero attached hydrogens (tertiary/aromatic N) is 2. The van der Waals surface area contributed by atoms with Crippen molar-refractivity contribution in [3.63, 3.8) is 0 Å². The normalized spacial score (nSPS) is 24.6. The zero-order chi connectivity index (χ0) is 18.3. The van der Waals surface area contributed by atoms with Gasteiger partial charge in [-0.15, -0.1) is 0 Å². The highest BCUT2D eigenvalue weighted by Crippen LogP contribution is 2.36. The van der Waals surface area contributed by atoms with Crippen molar-refractivity contribution in [2.24, 2.45) is 10.7 Å². The Morgan fingerprint density at radius 1 is 1.27 bits per heavy atom. The van der Waals surface area contributed by atoms with Crippen LogP contribution in [0.4, 0.5) is 10.1 Å². The van der Waals surface area contributed by atoms with Crippen LogP contribution in [-0.4, -0.2) is 41.6 Å². The van der Waals surface area contributed by atoms with Gasteiger partial charge in [0.1, 0.15) is 5.84 Å². The molecule has 4 rings (SSSR count). The maximum Gasteiger partial charge on any atom is 0.253 e. The molecule has 134 valence electrons. The van der Waals surface area contributed by atoms with E-state index >= 15 is 4.39 Å². The number of amides is 1. The average Bonchev–Trinajstić information content (AvgIpc) is 2.64. The molecule has 2 aliphatic rings. The van der Waals surface area contributed by atoms with E-state index in [0.29, 0.717) is 29.4 Å². The number of nitrogens with one attached hydrogen (secondary N) is 1. The molecule has 2 aromatic carbocycles. The van der Waals surface area contributed by atoms with E-state index in [1.165, 1.54) is 4.90 Å². The lowest BCUT2D eigenvalue weighted by Crippen LogP contribution is -2.59. The van der Waals surface area contributed by atoms with Gasteiger partial charge in [0.25, 0.3) is 5.91 Å². The number of rotatable bonds is 1. The lowest BCUT2D eigenvalue weighted by molar-refractivity contribution is 0.0494. The van der Waals surface area contributed by atoms with Gasteiger partial charge in [-0.2, -0.15) is 0 Å². The Kier molecular flexibility index (Phi) is 4.07. The Labute approximate surface area is 155 Å². The van der Waals surface area contributed by atoms with Crippen LogP contribution < -0.4 is 11.1 Å². The van der Waals surface area contributed by atoms with Gasteiger partial charge in [-0.25, -0.2) is 9.38 Å². The standard InChI is InChI=1S/C19H18ClFN4O/c20-13-7-5-12(6-8-13)18(26)25-10-9-19(16(21)11-25)23-15-4-2-1-3-14(15)17(22)24-19/h1-8,16,23H,9-11H2,(H2,22,24). The van der Waals surface area contributed by atoms with Gasteiger partial charge in [-0.3, -0.25) is 4.79 Å². The van der Waals surface area contributed by atoms with E-state index in [9.17, 15) is 4.79 Å². The first kappa shape index (κ1) is 16.8. The van der Waals surface area contributed by atoms with Crippen molar-refractivity contribution in [2.45, 2.75) is 18.3 Å². The Bertz CT molecular complexity index is 885. The molecule has 7 heteroatoms. The number of anilines is 1. The molecule has 2 heterocycles. The van der Waals surface area contributed by atoms with Gasteiger partial charge in [-0.1, -0.05) is 23.7 Å². The van der Waals surface area contributed by atoms with E-state index in [0.717, 1.165) is 11.3 Å². The van der Waals surface area contributed by atoms with E-state index < -0.39 is 11.8 Å². The Hall–Kier alpha value is -2.60. The minimum absolute atomic E-state index is 0.0482. The molecule has 2 aliphatic heterocycles. The molecule has 0 aliphatic carbocycles. The van der Waals surface area contributed by atoms with E-state index in [4.69, 9.17) is 17.3 Å². The highest BCUT2D eigenvalue weighted by molar-refractivity contribution is 6.30. The van der Waals surface area contributed by atoms with E-state index in [2.05, 4.69) is 10.3 Å². The summed E-state index contributed by atoms with van der Waals surface area (Å²) in [5, 5.41) is 3.75. The third-order valence-electron chi connectivity index (χ3n) is 4.91. The zero-order valence-electron chi connectivity index (χ0n) is 14.0. The van der Waals surface area contributed by atoms with Gasteiger partial charge < -0.3 is 16.0 Å². The third kappa shape index (κ3) is 2.80. The minimum Gasteiger partial charge on any atom is -0.383 e. The highest BCUT2D eigenvalue weighted by Gasteiger charge is 2.47. The van der Waals surface area contributed by atoms with Crippen molar-refractivity contribution >= 4 is 29.0 Å². The topological polar surface area (TPSA) is 70.7 Å². The Morgan fingerprint density at radius 2 is 2.00 bits per heavy atom. The molecule has 1 fully saturated rings. The fourth-order valence-electron chi connectivity index (χ4n) is 3.48. The largest absolute Gasteiger partial charge is 0.383 e. The molecule has 1 spiro atoms. The molecule has 2 atom stereocenters. The summed E-state index contributed by atoms with van der Waals surface area (Å²) < 4.78 is 15.1. The number of carbonyl (C=O) groups is 1. The summed E-state index contributed by atoms with van der Waals surface area (Å²) in [5.41, 5.74) is 6.96. The molecule has 1 amide bonds. The molecule has 2 aromatic rings. The average molecular weight is 373 g/mol. The van der Waals surface area contributed by atoms with Crippen LogP contribution in [0.15, 0.2) is 53.5 Å². The Balaban J connectivity index is 1.55. The van der Waals surface area contributed by atoms with E-state index in [-0.39, 0.29) is 12.5 Å². The number of fused-ring (bicyclic) bond motifs is 1. The number of para-hydroxylation sites is 1. The van der Waals surface area contributed by atoms with Crippen LogP contribution >= 0.6 is 11.6 Å². The quantitative estimate of drug-likeness (QED) is 0.808. The smallest absolute Gasteiger partial charge is 0.253 e. The second-order valence-corrected chi connectivity index (χ2v) is 7.00. The predicted molar refractivity (Wildman–Crippen MR) is 100 cm³/mol. The molecule has 0 aromatic heterocycles. The number of carbonyl (C=O) groups excluding carboxylic acids is 1. The number of benzene rings is 2. The van der Waals surface area contributed by atoms with Gasteiger partial charge in [-0.05, 0) is 36.4 Å². The predicted octanol–water partition coefficient (Wildman–Crippen LogP) is 3.05. The fourth-order valence-corrected chi connectivity index (χ4v) is 3.60. The number of amidine groups is 1. The molecular formula is C19H18ClFN4O. The summed E-state index contributed by atoms with van der Waals surface area (Å²) >= 11 is 5.86. The summed E-state index contributed by atoms with van der Waals surface area (Å²) in [4.78, 5) is 18.6. The number of halogens is 2. The number of likely N-dealkylation sites (tertiary alicyclic amines) is 1. The van der Waals surface area contributed by atoms with Gasteiger partial charge >= 0.3 is 0 Å². The van der Waals surface area contributed by atoms with Crippen LogP contribution in [0.1, 0.15) is 22.3 Å². The van der Waals surface area contributed by atoms with Crippen LogP contribution in [0.25, 0.3) is 0 Å². The number of hydrogen-bond acceptors (Lipinski definition) is 4. The van der Waals surface area contributed by atoms with E-state index in [1.54, 1.807) is 24.3 Å². The molecule has 1 saturated heterocycles. The van der Waals surface area contributed by atoms with Gasteiger partial charge in [0, 0.05) is 34.8 Å². The van der Waals surface area contributed by atoms with Crippen LogP contribution in [-0.2, 0) is 0 Å². The maximum absolute atomic E-state index is 15.1. The van der Waals surface area contributed by atoms with Crippen LogP contribution in [0, 0.1) is 0 Å². The molecule has 0 bridgehead atoms. The summed E-state index contributed by atoms with van der Waals surface area (Å²) in [6.45, 7) is 0.335. The number of nitrogens with two attached hydrogens (primary N) is 1. The van der Waals surface area contributed by atoms with Crippen LogP contribution in [0.2, 0.25) is 5.02 Å². The van der Waals surface area contributed by atoms with Crippen LogP contribution in [0.5, 0.6) is 0 Å². The minimum atomic E-state index is -1.38. The second-order valence-electron chi connectivity index (χ2n) is 6.57. The van der Waals surface area contributed by atoms with Crippen molar-refractivity contribution < 1.29 is 9.18 Å². The SMILES string of the molecule is NC1=NC2(CCN(C(=O)c3ccc(Cl)cc3)CC2F)Nc2ccccc21. The lowest BCUT2D eigenvalue weighted by Gasteiger charge is -2.44. The summed E-state index contributed by atoms with van der Waals surface area (Å²) in [5.74, 6) is 0.104. The van der Waals surface area contributed by atoms with Crippen molar-refractivity contribution in [2.75, 3.05) is 18.4 Å². The number of alkyl halides is 1. The van der Waals surface area contributed by atoms with Gasteiger partial charge in [0.15, 0.2) is 11.8 Å². The van der Waals surface area contributed by atoms with E-state index in [1.807, 2.05) is 24.3 Å². The number of hydrogen-bond donors (Lipinski definition) is 2. The highest BCUT2D eigenvalue weighted by atomic mass is 35.5. The first-order chi connectivity index (χ1) is 12.5. The zero-order valence-corrected chi connectivity index (χ0v) is 14.7. The molecular weight excluding hydrogens is 355 g/mol. The van der Waals surface area contributed by atoms with Crippen molar-refractivity contribution in [3.05, 3.63) is 64.7 Å². The maximum atomic E-state index is 15.1. The third-order valence-corrected chi connectivity index (χ3v) is 5.17. The summed E-state index contributed by atoms with van der Waals surface area (Å²) in [6.07, 6.45) is -1.04. The van der Waals surface area contributed by atoms with Crippen molar-refractivity contribution in [1.29, 1.82) is 0 Å².